The standard InChI is InChI=1S/C25H25N5O6S/c1-29(36-3)22(32)18-14-37-24(26-18)28-21(31)19(13-15-7-5-4-6-8-15)30-23(33)20(27-25(30)34)16-9-11-17(35-2)12-10-16/h4-12,14,19-20H,13H2,1-3H3,(H,27,34)(H,26,28,31)/t19-,20+/m0/s1. The lowest BCUT2D eigenvalue weighted by molar-refractivity contribution is -0.134. The van der Waals surface area contributed by atoms with E-state index in [1.807, 2.05) is 6.07 Å². The molecule has 2 aromatic carbocycles. The number of rotatable bonds is 9. The van der Waals surface area contributed by atoms with Crippen LogP contribution in [0.5, 0.6) is 5.75 Å². The molecule has 2 atom stereocenters. The lowest BCUT2D eigenvalue weighted by Gasteiger charge is -2.24. The predicted octanol–water partition coefficient (Wildman–Crippen LogP) is 2.63. The minimum atomic E-state index is -1.16. The molecule has 192 valence electrons. The van der Waals surface area contributed by atoms with Gasteiger partial charge in [-0.05, 0) is 23.3 Å². The molecule has 2 heterocycles. The molecule has 1 fully saturated rings. The molecule has 0 unspecified atom stereocenters. The maximum Gasteiger partial charge on any atom is 0.325 e. The first-order valence-electron chi connectivity index (χ1n) is 11.2. The van der Waals surface area contributed by atoms with Crippen LogP contribution in [0.4, 0.5) is 9.93 Å². The summed E-state index contributed by atoms with van der Waals surface area (Å²) in [4.78, 5) is 62.1. The Morgan fingerprint density at radius 3 is 2.49 bits per heavy atom. The monoisotopic (exact) mass is 523 g/mol. The highest BCUT2D eigenvalue weighted by Gasteiger charge is 2.45. The Hall–Kier alpha value is -4.29. The van der Waals surface area contributed by atoms with Gasteiger partial charge in [0.15, 0.2) is 5.13 Å². The van der Waals surface area contributed by atoms with Gasteiger partial charge in [0.1, 0.15) is 23.5 Å². The maximum atomic E-state index is 13.4. The fraction of sp³-hybridized carbons (Fsp3) is 0.240. The first kappa shape index (κ1) is 25.8. The minimum Gasteiger partial charge on any atom is -0.497 e. The van der Waals surface area contributed by atoms with E-state index < -0.39 is 35.8 Å². The van der Waals surface area contributed by atoms with Gasteiger partial charge in [-0.25, -0.2) is 19.7 Å². The molecular weight excluding hydrogens is 498 g/mol. The highest BCUT2D eigenvalue weighted by Crippen LogP contribution is 2.27. The number of hydrogen-bond acceptors (Lipinski definition) is 8. The molecule has 0 saturated carbocycles. The Bertz CT molecular complexity index is 1300. The molecule has 5 amide bonds. The van der Waals surface area contributed by atoms with E-state index in [1.54, 1.807) is 48.5 Å². The smallest absolute Gasteiger partial charge is 0.325 e. The van der Waals surface area contributed by atoms with Crippen molar-refractivity contribution in [1.82, 2.24) is 20.3 Å². The number of ether oxygens (including phenoxy) is 1. The zero-order chi connectivity index (χ0) is 26.5. The second kappa shape index (κ2) is 11.2. The number of amides is 5. The summed E-state index contributed by atoms with van der Waals surface area (Å²) in [6.45, 7) is 0. The number of urea groups is 1. The number of imide groups is 1. The van der Waals surface area contributed by atoms with Crippen LogP contribution in [-0.2, 0) is 20.8 Å². The Balaban J connectivity index is 1.59. The van der Waals surface area contributed by atoms with Crippen molar-refractivity contribution < 1.29 is 28.8 Å². The van der Waals surface area contributed by atoms with Crippen molar-refractivity contribution in [3.63, 3.8) is 0 Å². The molecule has 0 bridgehead atoms. The molecule has 37 heavy (non-hydrogen) atoms. The Kier molecular flexibility index (Phi) is 7.80. The maximum absolute atomic E-state index is 13.4. The summed E-state index contributed by atoms with van der Waals surface area (Å²) >= 11 is 1.04. The van der Waals surface area contributed by atoms with Gasteiger partial charge in [-0.1, -0.05) is 42.5 Å². The molecule has 0 radical (unpaired) electrons. The van der Waals surface area contributed by atoms with Crippen molar-refractivity contribution in [2.45, 2.75) is 18.5 Å². The quantitative estimate of drug-likeness (QED) is 0.326. The van der Waals surface area contributed by atoms with Gasteiger partial charge in [-0.3, -0.25) is 19.2 Å². The molecule has 11 nitrogen and oxygen atoms in total. The zero-order valence-electron chi connectivity index (χ0n) is 20.3. The van der Waals surface area contributed by atoms with Crippen molar-refractivity contribution in [2.24, 2.45) is 0 Å². The Morgan fingerprint density at radius 2 is 1.84 bits per heavy atom. The summed E-state index contributed by atoms with van der Waals surface area (Å²) in [5.74, 6) is -1.05. The number of methoxy groups -OCH3 is 1. The number of nitrogens with zero attached hydrogens (tertiary/aromatic N) is 3. The average Bonchev–Trinajstić information content (AvgIpc) is 3.50. The van der Waals surface area contributed by atoms with E-state index in [0.29, 0.717) is 11.3 Å². The van der Waals surface area contributed by atoms with Crippen LogP contribution in [0.3, 0.4) is 0 Å². The lowest BCUT2D eigenvalue weighted by Crippen LogP contribution is -2.49. The number of nitrogens with one attached hydrogen (secondary N) is 2. The molecule has 2 N–H and O–H groups in total. The van der Waals surface area contributed by atoms with E-state index in [1.165, 1.54) is 26.6 Å². The third-order valence-corrected chi connectivity index (χ3v) is 6.58. The van der Waals surface area contributed by atoms with Crippen LogP contribution in [0, 0.1) is 0 Å². The van der Waals surface area contributed by atoms with E-state index in [0.717, 1.165) is 26.9 Å². The van der Waals surface area contributed by atoms with Gasteiger partial charge in [0, 0.05) is 18.8 Å². The second-order valence-electron chi connectivity index (χ2n) is 8.08. The molecule has 1 aliphatic heterocycles. The van der Waals surface area contributed by atoms with E-state index in [9.17, 15) is 19.2 Å². The van der Waals surface area contributed by atoms with E-state index in [-0.39, 0.29) is 17.2 Å². The molecule has 1 saturated heterocycles. The molecule has 4 rings (SSSR count). The number of benzene rings is 2. The summed E-state index contributed by atoms with van der Waals surface area (Å²) in [6.07, 6.45) is 0.0880. The summed E-state index contributed by atoms with van der Waals surface area (Å²) in [5.41, 5.74) is 1.40. The Labute approximate surface area is 216 Å². The summed E-state index contributed by atoms with van der Waals surface area (Å²) in [6, 6.07) is 13.0. The molecule has 12 heteroatoms. The van der Waals surface area contributed by atoms with Crippen LogP contribution in [0.15, 0.2) is 60.0 Å². The van der Waals surface area contributed by atoms with Crippen LogP contribution in [0.1, 0.15) is 27.7 Å². The topological polar surface area (TPSA) is 130 Å². The first-order chi connectivity index (χ1) is 17.8. The van der Waals surface area contributed by atoms with Gasteiger partial charge >= 0.3 is 6.03 Å². The molecule has 1 aliphatic rings. The van der Waals surface area contributed by atoms with Crippen molar-refractivity contribution in [3.8, 4) is 5.75 Å². The molecule has 1 aromatic heterocycles. The largest absolute Gasteiger partial charge is 0.497 e. The van der Waals surface area contributed by atoms with Crippen LogP contribution >= 0.6 is 11.3 Å². The van der Waals surface area contributed by atoms with E-state index in [2.05, 4.69) is 15.6 Å². The van der Waals surface area contributed by atoms with Crippen LogP contribution in [0.2, 0.25) is 0 Å². The fourth-order valence-electron chi connectivity index (χ4n) is 3.81. The normalized spacial score (nSPS) is 15.8. The van der Waals surface area contributed by atoms with Crippen molar-refractivity contribution in [3.05, 3.63) is 76.8 Å². The summed E-state index contributed by atoms with van der Waals surface area (Å²) in [5, 5.41) is 7.95. The van der Waals surface area contributed by atoms with Crippen molar-refractivity contribution >= 4 is 40.2 Å². The number of aromatic nitrogens is 1. The number of thiazole rings is 1. The first-order valence-corrected chi connectivity index (χ1v) is 12.1. The molecule has 0 aliphatic carbocycles. The highest BCUT2D eigenvalue weighted by molar-refractivity contribution is 7.14. The third-order valence-electron chi connectivity index (χ3n) is 5.82. The van der Waals surface area contributed by atoms with Crippen molar-refractivity contribution in [2.75, 3.05) is 26.6 Å². The summed E-state index contributed by atoms with van der Waals surface area (Å²) < 4.78 is 5.16. The van der Waals surface area contributed by atoms with Gasteiger partial charge in [-0.2, -0.15) is 0 Å². The lowest BCUT2D eigenvalue weighted by atomic mass is 10.0. The van der Waals surface area contributed by atoms with E-state index >= 15 is 0 Å². The van der Waals surface area contributed by atoms with Crippen LogP contribution in [0.25, 0.3) is 0 Å². The number of hydroxylamine groups is 2. The fourth-order valence-corrected chi connectivity index (χ4v) is 4.50. The predicted molar refractivity (Wildman–Crippen MR) is 135 cm³/mol. The highest BCUT2D eigenvalue weighted by atomic mass is 32.1. The SMILES string of the molecule is COc1ccc([C@H]2NC(=O)N([C@@H](Cc3ccccc3)C(=O)Nc3nc(C(=O)N(C)OC)cs3)C2=O)cc1. The van der Waals surface area contributed by atoms with Gasteiger partial charge in [0.25, 0.3) is 11.8 Å². The van der Waals surface area contributed by atoms with Gasteiger partial charge < -0.3 is 15.4 Å². The number of carbonyl (C=O) groups excluding carboxylic acids is 4. The number of anilines is 1. The number of hydrogen-bond donors (Lipinski definition) is 2. The van der Waals surface area contributed by atoms with Crippen molar-refractivity contribution in [1.29, 1.82) is 0 Å². The van der Waals surface area contributed by atoms with Gasteiger partial charge in [-0.15, -0.1) is 11.3 Å². The van der Waals surface area contributed by atoms with Crippen LogP contribution in [-0.4, -0.2) is 66.0 Å². The minimum absolute atomic E-state index is 0.0822. The molecular formula is C25H25N5O6S. The Morgan fingerprint density at radius 1 is 1.14 bits per heavy atom. The average molecular weight is 524 g/mol. The molecule has 0 spiro atoms. The summed E-state index contributed by atoms with van der Waals surface area (Å²) in [7, 11) is 4.31. The van der Waals surface area contributed by atoms with E-state index in [4.69, 9.17) is 9.57 Å². The third kappa shape index (κ3) is 5.60. The zero-order valence-corrected chi connectivity index (χ0v) is 21.2. The van der Waals surface area contributed by atoms with Gasteiger partial charge in [0.05, 0.1) is 14.2 Å². The molecule has 3 aromatic rings. The second-order valence-corrected chi connectivity index (χ2v) is 8.94. The van der Waals surface area contributed by atoms with Gasteiger partial charge in [0.2, 0.25) is 5.91 Å². The van der Waals surface area contributed by atoms with Crippen LogP contribution < -0.4 is 15.4 Å². The number of carbonyl (C=O) groups is 4.